The number of hydrogen-bond donors (Lipinski definition) is 1. The molecule has 2 heterocycles. The molecular weight excluding hydrogens is 576 g/mol. The van der Waals surface area contributed by atoms with Crippen molar-refractivity contribution in [3.05, 3.63) is 108 Å². The molecule has 9 nitrogen and oxygen atoms in total. The van der Waals surface area contributed by atoms with Gasteiger partial charge < -0.3 is 24.6 Å². The number of amides is 1. The van der Waals surface area contributed by atoms with Crippen LogP contribution in [0.15, 0.2) is 97.2 Å². The first-order valence-corrected chi connectivity index (χ1v) is 15.7. The number of nitrogens with one attached hydrogen (secondary N) is 1. The predicted octanol–water partition coefficient (Wildman–Crippen LogP) is 7.34. The van der Waals surface area contributed by atoms with E-state index in [4.69, 9.17) is 14.5 Å². The van der Waals surface area contributed by atoms with E-state index < -0.39 is 6.09 Å². The highest BCUT2D eigenvalue weighted by Gasteiger charge is 2.25. The van der Waals surface area contributed by atoms with Gasteiger partial charge in [0.2, 0.25) is 5.95 Å². The lowest BCUT2D eigenvalue weighted by molar-refractivity contribution is 0.145. The first kappa shape index (κ1) is 31.0. The molecule has 1 fully saturated rings. The van der Waals surface area contributed by atoms with Crippen molar-refractivity contribution < 1.29 is 14.3 Å². The number of anilines is 4. The van der Waals surface area contributed by atoms with E-state index in [1.807, 2.05) is 92.7 Å². The minimum atomic E-state index is -0.565. The summed E-state index contributed by atoms with van der Waals surface area (Å²) in [6.07, 6.45) is 2.04. The fraction of sp³-hybridized carbons (Fsp3) is 0.270. The molecule has 5 aromatic rings. The van der Waals surface area contributed by atoms with Gasteiger partial charge in [0.1, 0.15) is 17.3 Å². The van der Waals surface area contributed by atoms with Crippen LogP contribution < -0.4 is 19.7 Å². The zero-order chi connectivity index (χ0) is 31.9. The van der Waals surface area contributed by atoms with E-state index >= 15 is 0 Å². The van der Waals surface area contributed by atoms with Crippen LogP contribution in [0.3, 0.4) is 0 Å². The minimum Gasteiger partial charge on any atom is -0.493 e. The van der Waals surface area contributed by atoms with Crippen molar-refractivity contribution in [3.63, 3.8) is 0 Å². The van der Waals surface area contributed by atoms with Gasteiger partial charge >= 0.3 is 6.09 Å². The van der Waals surface area contributed by atoms with Crippen LogP contribution in [-0.2, 0) is 0 Å². The van der Waals surface area contributed by atoms with Crippen molar-refractivity contribution in [2.24, 2.45) is 0 Å². The molecular formula is C37H40N6O3. The Morgan fingerprint density at radius 1 is 0.848 bits per heavy atom. The Morgan fingerprint density at radius 2 is 1.61 bits per heavy atom. The molecule has 0 radical (unpaired) electrons. The second kappa shape index (κ2) is 14.4. The Balaban J connectivity index is 1.18. The van der Waals surface area contributed by atoms with Crippen LogP contribution in [0.25, 0.3) is 10.8 Å². The molecule has 1 aromatic heterocycles. The first-order chi connectivity index (χ1) is 22.4. The number of aryl methyl sites for hydroxylation is 2. The van der Waals surface area contributed by atoms with Gasteiger partial charge in [0.25, 0.3) is 0 Å². The third kappa shape index (κ3) is 7.62. The van der Waals surface area contributed by atoms with Crippen molar-refractivity contribution in [3.8, 4) is 11.5 Å². The van der Waals surface area contributed by atoms with Crippen molar-refractivity contribution >= 4 is 40.0 Å². The summed E-state index contributed by atoms with van der Waals surface area (Å²) >= 11 is 0. The number of rotatable bonds is 10. The van der Waals surface area contributed by atoms with E-state index in [1.165, 1.54) is 4.90 Å². The zero-order valence-corrected chi connectivity index (χ0v) is 26.6. The third-order valence-corrected chi connectivity index (χ3v) is 8.22. The molecule has 0 saturated carbocycles. The van der Waals surface area contributed by atoms with Crippen LogP contribution in [-0.4, -0.2) is 72.2 Å². The maximum Gasteiger partial charge on any atom is 0.425 e. The van der Waals surface area contributed by atoms with Gasteiger partial charge in [-0.25, -0.2) is 14.7 Å². The molecule has 0 aliphatic carbocycles. The van der Waals surface area contributed by atoms with Crippen molar-refractivity contribution in [2.75, 3.05) is 56.6 Å². The third-order valence-electron chi connectivity index (χ3n) is 8.22. The van der Waals surface area contributed by atoms with E-state index in [2.05, 4.69) is 27.1 Å². The molecule has 4 aromatic carbocycles. The summed E-state index contributed by atoms with van der Waals surface area (Å²) in [4.78, 5) is 29.5. The monoisotopic (exact) mass is 616 g/mol. The summed E-state index contributed by atoms with van der Waals surface area (Å²) in [5.74, 6) is 1.96. The fourth-order valence-corrected chi connectivity index (χ4v) is 5.71. The molecule has 0 atom stereocenters. The molecule has 1 saturated heterocycles. The number of ether oxygens (including phenoxy) is 2. The normalized spacial score (nSPS) is 13.8. The molecule has 9 heteroatoms. The average molecular weight is 617 g/mol. The van der Waals surface area contributed by atoms with E-state index in [0.717, 1.165) is 72.5 Å². The van der Waals surface area contributed by atoms with E-state index in [9.17, 15) is 4.79 Å². The molecule has 0 spiro atoms. The van der Waals surface area contributed by atoms with Crippen LogP contribution in [0.4, 0.5) is 27.9 Å². The Morgan fingerprint density at radius 3 is 2.41 bits per heavy atom. The lowest BCUT2D eigenvalue weighted by Crippen LogP contribution is -2.44. The molecule has 236 valence electrons. The van der Waals surface area contributed by atoms with Crippen LogP contribution in [0.2, 0.25) is 0 Å². The second-order valence-corrected chi connectivity index (χ2v) is 11.7. The predicted molar refractivity (Wildman–Crippen MR) is 184 cm³/mol. The quantitative estimate of drug-likeness (QED) is 0.163. The smallest absolute Gasteiger partial charge is 0.425 e. The Bertz CT molecular complexity index is 1780. The lowest BCUT2D eigenvalue weighted by Gasteiger charge is -2.32. The highest BCUT2D eigenvalue weighted by atomic mass is 16.6. The number of piperazine rings is 1. The SMILES string of the molecule is Cc1cccc(C)c1N(C(=O)Oc1ccc2ccccc2c1)c1ccnc(Nc2cccc(OCCCN3CCN(C)CC3)c2)n1. The molecule has 0 unspecified atom stereocenters. The Kier molecular flexibility index (Phi) is 9.71. The number of fused-ring (bicyclic) bond motifs is 1. The van der Waals surface area contributed by atoms with E-state index in [1.54, 1.807) is 18.3 Å². The number of hydrogen-bond acceptors (Lipinski definition) is 8. The lowest BCUT2D eigenvalue weighted by atomic mass is 10.1. The first-order valence-electron chi connectivity index (χ1n) is 15.7. The van der Waals surface area contributed by atoms with Crippen molar-refractivity contribution in [1.82, 2.24) is 19.8 Å². The van der Waals surface area contributed by atoms with Gasteiger partial charge in [-0.1, -0.05) is 54.6 Å². The Hall–Kier alpha value is -4.99. The summed E-state index contributed by atoms with van der Waals surface area (Å²) in [5, 5.41) is 5.34. The van der Waals surface area contributed by atoms with Gasteiger partial charge in [-0.15, -0.1) is 0 Å². The zero-order valence-electron chi connectivity index (χ0n) is 26.6. The van der Waals surface area contributed by atoms with E-state index in [0.29, 0.717) is 29.8 Å². The second-order valence-electron chi connectivity index (χ2n) is 11.7. The average Bonchev–Trinajstić information content (AvgIpc) is 3.06. The number of carbonyl (C=O) groups excluding carboxylic acids is 1. The molecule has 6 rings (SSSR count). The molecule has 46 heavy (non-hydrogen) atoms. The topological polar surface area (TPSA) is 83.1 Å². The summed E-state index contributed by atoms with van der Waals surface area (Å²) in [6.45, 7) is 10.1. The number of nitrogens with zero attached hydrogens (tertiary/aromatic N) is 5. The maximum atomic E-state index is 13.9. The molecule has 0 bridgehead atoms. The van der Waals surface area contributed by atoms with E-state index in [-0.39, 0.29) is 0 Å². The van der Waals surface area contributed by atoms with Crippen molar-refractivity contribution in [2.45, 2.75) is 20.3 Å². The van der Waals surface area contributed by atoms with Crippen LogP contribution in [0.1, 0.15) is 17.5 Å². The van der Waals surface area contributed by atoms with Crippen LogP contribution in [0.5, 0.6) is 11.5 Å². The molecule has 1 aliphatic rings. The van der Waals surface area contributed by atoms with Crippen LogP contribution in [0, 0.1) is 13.8 Å². The Labute approximate surface area is 270 Å². The minimum absolute atomic E-state index is 0.347. The van der Waals surface area contributed by atoms with Gasteiger partial charge in [0.05, 0.1) is 12.3 Å². The standard InChI is InChI=1S/C37H40N6O3/c1-27-9-6-10-28(2)35(27)43(37(44)46-33-16-15-29-11-4-5-12-30(29)25-33)34-17-18-38-36(40-34)39-31-13-7-14-32(26-31)45-24-8-19-42-22-20-41(3)21-23-42/h4-7,9-18,25-26H,8,19-24H2,1-3H3,(H,38,39,40). The number of para-hydroxylation sites is 1. The van der Waals surface area contributed by atoms with Crippen LogP contribution >= 0.6 is 0 Å². The van der Waals surface area contributed by atoms with Gasteiger partial charge in [-0.3, -0.25) is 0 Å². The van der Waals surface area contributed by atoms with Gasteiger partial charge in [0.15, 0.2) is 0 Å². The summed E-state index contributed by atoms with van der Waals surface area (Å²) < 4.78 is 12.0. The molecule has 1 amide bonds. The number of benzene rings is 4. The summed E-state index contributed by atoms with van der Waals surface area (Å²) in [7, 11) is 2.17. The number of carbonyl (C=O) groups is 1. The molecule has 1 N–H and O–H groups in total. The van der Waals surface area contributed by atoms with Gasteiger partial charge in [-0.05, 0) is 73.5 Å². The molecule has 1 aliphatic heterocycles. The number of likely N-dealkylation sites (N-methyl/N-ethyl adjacent to an activating group) is 1. The fourth-order valence-electron chi connectivity index (χ4n) is 5.71. The summed E-state index contributed by atoms with van der Waals surface area (Å²) in [6, 6.07) is 28.9. The highest BCUT2D eigenvalue weighted by molar-refractivity contribution is 5.98. The van der Waals surface area contributed by atoms with Gasteiger partial charge in [-0.2, -0.15) is 4.98 Å². The highest BCUT2D eigenvalue weighted by Crippen LogP contribution is 2.33. The van der Waals surface area contributed by atoms with Crippen molar-refractivity contribution in [1.29, 1.82) is 0 Å². The summed E-state index contributed by atoms with van der Waals surface area (Å²) in [5.41, 5.74) is 3.33. The number of aromatic nitrogens is 2. The largest absolute Gasteiger partial charge is 0.493 e. The van der Waals surface area contributed by atoms with Gasteiger partial charge in [0, 0.05) is 56.7 Å². The maximum absolute atomic E-state index is 13.9.